The second-order valence-electron chi connectivity index (χ2n) is 5.90. The zero-order valence-electron chi connectivity index (χ0n) is 13.0. The molecule has 0 radical (unpaired) electrons. The SMILES string of the molecule is CC(C)CN1CC/C(=C(\Cl)NCc2ccccc2)C(=N)C1=O. The van der Waals surface area contributed by atoms with E-state index in [1.165, 1.54) is 0 Å². The van der Waals surface area contributed by atoms with Crippen molar-refractivity contribution in [3.63, 3.8) is 0 Å². The minimum Gasteiger partial charge on any atom is -0.371 e. The molecule has 0 aromatic heterocycles. The number of hydrogen-bond acceptors (Lipinski definition) is 3. The quantitative estimate of drug-likeness (QED) is 0.819. The number of nitrogens with one attached hydrogen (secondary N) is 2. The molecule has 1 aromatic rings. The molecule has 5 heteroatoms. The summed E-state index contributed by atoms with van der Waals surface area (Å²) < 4.78 is 0. The van der Waals surface area contributed by atoms with E-state index < -0.39 is 0 Å². The molecule has 0 saturated carbocycles. The summed E-state index contributed by atoms with van der Waals surface area (Å²) in [4.78, 5) is 14.0. The molecule has 0 aliphatic carbocycles. The topological polar surface area (TPSA) is 56.2 Å². The van der Waals surface area contributed by atoms with Crippen molar-refractivity contribution in [2.24, 2.45) is 5.92 Å². The molecule has 2 N–H and O–H groups in total. The number of carbonyl (C=O) groups excluding carboxylic acids is 1. The maximum absolute atomic E-state index is 12.2. The third kappa shape index (κ3) is 4.10. The summed E-state index contributed by atoms with van der Waals surface area (Å²) in [6.45, 7) is 6.02. The average molecular weight is 320 g/mol. The molecular formula is C17H22ClN3O. The van der Waals surface area contributed by atoms with Crippen molar-refractivity contribution < 1.29 is 4.79 Å². The van der Waals surface area contributed by atoms with Gasteiger partial charge in [-0.2, -0.15) is 0 Å². The number of amides is 1. The van der Waals surface area contributed by atoms with Gasteiger partial charge in [0.1, 0.15) is 10.9 Å². The van der Waals surface area contributed by atoms with Crippen LogP contribution in [-0.2, 0) is 11.3 Å². The van der Waals surface area contributed by atoms with Crippen molar-refractivity contribution >= 4 is 23.2 Å². The highest BCUT2D eigenvalue weighted by molar-refractivity contribution is 6.47. The van der Waals surface area contributed by atoms with Crippen LogP contribution in [0.2, 0.25) is 0 Å². The van der Waals surface area contributed by atoms with Crippen molar-refractivity contribution in [3.8, 4) is 0 Å². The van der Waals surface area contributed by atoms with Crippen LogP contribution in [0, 0.1) is 11.3 Å². The molecule has 0 bridgehead atoms. The van der Waals surface area contributed by atoms with Crippen LogP contribution in [-0.4, -0.2) is 29.6 Å². The normalized spacial score (nSPS) is 17.9. The second-order valence-corrected chi connectivity index (χ2v) is 6.28. The lowest BCUT2D eigenvalue weighted by atomic mass is 10.0. The largest absolute Gasteiger partial charge is 0.371 e. The van der Waals surface area contributed by atoms with Crippen molar-refractivity contribution in [2.45, 2.75) is 26.8 Å². The Balaban J connectivity index is 2.02. The lowest BCUT2D eigenvalue weighted by Gasteiger charge is -2.30. The smallest absolute Gasteiger partial charge is 0.272 e. The number of piperidine rings is 1. The Morgan fingerprint density at radius 3 is 2.68 bits per heavy atom. The van der Waals surface area contributed by atoms with E-state index in [-0.39, 0.29) is 11.6 Å². The van der Waals surface area contributed by atoms with Crippen molar-refractivity contribution in [1.82, 2.24) is 10.2 Å². The van der Waals surface area contributed by atoms with Gasteiger partial charge in [0.05, 0.1) is 0 Å². The van der Waals surface area contributed by atoms with Gasteiger partial charge in [-0.25, -0.2) is 0 Å². The Morgan fingerprint density at radius 1 is 1.36 bits per heavy atom. The number of likely N-dealkylation sites (tertiary alicyclic amines) is 1. The molecule has 0 atom stereocenters. The molecule has 1 saturated heterocycles. The van der Waals surface area contributed by atoms with E-state index in [0.717, 1.165) is 5.56 Å². The Morgan fingerprint density at radius 2 is 2.05 bits per heavy atom. The highest BCUT2D eigenvalue weighted by atomic mass is 35.5. The number of nitrogens with zero attached hydrogens (tertiary/aromatic N) is 1. The first kappa shape index (κ1) is 16.6. The first-order valence-corrected chi connectivity index (χ1v) is 7.91. The van der Waals surface area contributed by atoms with E-state index in [1.54, 1.807) is 4.90 Å². The monoisotopic (exact) mass is 319 g/mol. The summed E-state index contributed by atoms with van der Waals surface area (Å²) in [7, 11) is 0. The molecular weight excluding hydrogens is 298 g/mol. The molecule has 1 fully saturated rings. The highest BCUT2D eigenvalue weighted by Gasteiger charge is 2.29. The lowest BCUT2D eigenvalue weighted by Crippen LogP contribution is -2.44. The van der Waals surface area contributed by atoms with E-state index in [2.05, 4.69) is 19.2 Å². The van der Waals surface area contributed by atoms with Crippen molar-refractivity contribution in [1.29, 1.82) is 5.41 Å². The van der Waals surface area contributed by atoms with Gasteiger partial charge in [-0.3, -0.25) is 10.2 Å². The molecule has 1 amide bonds. The van der Waals surface area contributed by atoms with Gasteiger partial charge in [0, 0.05) is 25.2 Å². The molecule has 0 unspecified atom stereocenters. The minimum atomic E-state index is -0.227. The summed E-state index contributed by atoms with van der Waals surface area (Å²) in [6, 6.07) is 9.90. The van der Waals surface area contributed by atoms with Crippen LogP contribution < -0.4 is 5.32 Å². The van der Waals surface area contributed by atoms with Gasteiger partial charge in [-0.1, -0.05) is 55.8 Å². The number of halogens is 1. The molecule has 1 heterocycles. The third-order valence-corrected chi connectivity index (χ3v) is 3.94. The minimum absolute atomic E-state index is 0.0115. The van der Waals surface area contributed by atoms with Crippen LogP contribution in [0.25, 0.3) is 0 Å². The lowest BCUT2D eigenvalue weighted by molar-refractivity contribution is -0.125. The van der Waals surface area contributed by atoms with Gasteiger partial charge in [0.15, 0.2) is 0 Å². The fourth-order valence-electron chi connectivity index (χ4n) is 2.48. The van der Waals surface area contributed by atoms with Gasteiger partial charge in [0.2, 0.25) is 0 Å². The van der Waals surface area contributed by atoms with Crippen LogP contribution in [0.1, 0.15) is 25.8 Å². The predicted molar refractivity (Wildman–Crippen MR) is 89.9 cm³/mol. The van der Waals surface area contributed by atoms with E-state index >= 15 is 0 Å². The summed E-state index contributed by atoms with van der Waals surface area (Å²) in [6.07, 6.45) is 0.623. The third-order valence-electron chi connectivity index (χ3n) is 3.58. The number of benzene rings is 1. The highest BCUT2D eigenvalue weighted by Crippen LogP contribution is 2.20. The first-order chi connectivity index (χ1) is 10.5. The second kappa shape index (κ2) is 7.45. The van der Waals surface area contributed by atoms with Crippen LogP contribution >= 0.6 is 11.6 Å². The predicted octanol–water partition coefficient (Wildman–Crippen LogP) is 3.13. The maximum atomic E-state index is 12.2. The fourth-order valence-corrected chi connectivity index (χ4v) is 2.73. The Labute approximate surface area is 136 Å². The fraction of sp³-hybridized carbons (Fsp3) is 0.412. The molecule has 0 spiro atoms. The number of hydrogen-bond donors (Lipinski definition) is 2. The van der Waals surface area contributed by atoms with Crippen LogP contribution in [0.4, 0.5) is 0 Å². The van der Waals surface area contributed by atoms with E-state index in [1.807, 2.05) is 30.3 Å². The Bertz CT molecular complexity index is 581. The molecule has 4 nitrogen and oxygen atoms in total. The summed E-state index contributed by atoms with van der Waals surface area (Å²) >= 11 is 6.28. The van der Waals surface area contributed by atoms with Gasteiger partial charge < -0.3 is 10.2 Å². The van der Waals surface area contributed by atoms with Crippen LogP contribution in [0.3, 0.4) is 0 Å². The first-order valence-electron chi connectivity index (χ1n) is 7.53. The van der Waals surface area contributed by atoms with Gasteiger partial charge in [0.25, 0.3) is 5.91 Å². The van der Waals surface area contributed by atoms with Crippen LogP contribution in [0.15, 0.2) is 41.1 Å². The Kier molecular flexibility index (Phi) is 5.61. The summed E-state index contributed by atoms with van der Waals surface area (Å²) in [5, 5.41) is 11.6. The number of rotatable bonds is 5. The standard InChI is InChI=1S/C17H22ClN3O/c1-12(2)11-21-9-8-14(15(19)17(21)22)16(18)20-10-13-6-4-3-5-7-13/h3-7,12,19-20H,8-11H2,1-2H3/b16-14-,19-15?. The maximum Gasteiger partial charge on any atom is 0.272 e. The van der Waals surface area contributed by atoms with E-state index in [0.29, 0.717) is 42.7 Å². The number of carbonyl (C=O) groups is 1. The molecule has 22 heavy (non-hydrogen) atoms. The molecule has 1 aliphatic rings. The van der Waals surface area contributed by atoms with Gasteiger partial charge in [-0.05, 0) is 17.9 Å². The zero-order chi connectivity index (χ0) is 16.1. The molecule has 2 rings (SSSR count). The van der Waals surface area contributed by atoms with Crippen LogP contribution in [0.5, 0.6) is 0 Å². The average Bonchev–Trinajstić information content (AvgIpc) is 2.50. The van der Waals surface area contributed by atoms with Crippen molar-refractivity contribution in [2.75, 3.05) is 13.1 Å². The van der Waals surface area contributed by atoms with E-state index in [4.69, 9.17) is 17.0 Å². The molecule has 118 valence electrons. The van der Waals surface area contributed by atoms with Gasteiger partial charge >= 0.3 is 0 Å². The molecule has 1 aromatic carbocycles. The Hall–Kier alpha value is -1.81. The molecule has 1 aliphatic heterocycles. The summed E-state index contributed by atoms with van der Waals surface area (Å²) in [5.74, 6) is 0.170. The summed E-state index contributed by atoms with van der Waals surface area (Å²) in [5.41, 5.74) is 1.73. The van der Waals surface area contributed by atoms with Gasteiger partial charge in [-0.15, -0.1) is 0 Å². The zero-order valence-corrected chi connectivity index (χ0v) is 13.8. The van der Waals surface area contributed by atoms with Crippen molar-refractivity contribution in [3.05, 3.63) is 46.6 Å². The van der Waals surface area contributed by atoms with E-state index in [9.17, 15) is 4.79 Å².